The minimum absolute atomic E-state index is 0.0828. The maximum Gasteiger partial charge on any atom is 0.314 e. The van der Waals surface area contributed by atoms with Crippen LogP contribution >= 0.6 is 0 Å². The topological polar surface area (TPSA) is 44.1 Å². The molecule has 0 unspecified atom stereocenters. The fourth-order valence-electron chi connectivity index (χ4n) is 2.52. The van der Waals surface area contributed by atoms with Crippen LogP contribution in [0, 0.1) is 12.3 Å². The molecule has 0 spiro atoms. The summed E-state index contributed by atoms with van der Waals surface area (Å²) in [5.41, 5.74) is -0.444. The molecule has 0 atom stereocenters. The molecule has 23 heavy (non-hydrogen) atoms. The van der Waals surface area contributed by atoms with Crippen LogP contribution in [0.4, 0.5) is 8.78 Å². The Balaban J connectivity index is 1.90. The van der Waals surface area contributed by atoms with Crippen LogP contribution in [0.25, 0.3) is 5.69 Å². The number of aryl methyl sites for hydroxylation is 1. The summed E-state index contributed by atoms with van der Waals surface area (Å²) in [4.78, 5) is 12.6. The summed E-state index contributed by atoms with van der Waals surface area (Å²) in [5, 5.41) is 4.09. The average molecular weight is 320 g/mol. The second kappa shape index (κ2) is 5.44. The number of aromatic nitrogens is 2. The first-order valence-electron chi connectivity index (χ1n) is 7.49. The molecule has 4 nitrogen and oxygen atoms in total. The van der Waals surface area contributed by atoms with Crippen LogP contribution < -0.4 is 10.3 Å². The lowest BCUT2D eigenvalue weighted by molar-refractivity contribution is -0.0710. The van der Waals surface area contributed by atoms with Gasteiger partial charge in [0, 0.05) is 12.5 Å². The summed E-state index contributed by atoms with van der Waals surface area (Å²) in [6.45, 7) is 2.43. The molecule has 0 aliphatic heterocycles. The molecule has 6 heteroatoms. The second-order valence-corrected chi connectivity index (χ2v) is 6.17. The van der Waals surface area contributed by atoms with Crippen LogP contribution in [-0.4, -0.2) is 22.3 Å². The maximum atomic E-state index is 13.6. The molecule has 1 fully saturated rings. The fourth-order valence-corrected chi connectivity index (χ4v) is 2.52. The first-order chi connectivity index (χ1) is 10.8. The molecule has 1 heterocycles. The highest BCUT2D eigenvalue weighted by Gasteiger charge is 2.59. The van der Waals surface area contributed by atoms with E-state index in [1.807, 2.05) is 6.07 Å². The van der Waals surface area contributed by atoms with Gasteiger partial charge in [0.25, 0.3) is 5.92 Å². The number of benzene rings is 1. The van der Waals surface area contributed by atoms with Crippen molar-refractivity contribution in [2.75, 3.05) is 6.61 Å². The molecule has 0 radical (unpaired) electrons. The molecular weight excluding hydrogens is 302 g/mol. The van der Waals surface area contributed by atoms with Crippen LogP contribution in [0.2, 0.25) is 0 Å². The van der Waals surface area contributed by atoms with Gasteiger partial charge in [0.15, 0.2) is 5.75 Å². The second-order valence-electron chi connectivity index (χ2n) is 6.17. The minimum Gasteiger partial charge on any atom is -0.487 e. The number of rotatable bonds is 5. The Morgan fingerprint density at radius 1 is 1.30 bits per heavy atom. The van der Waals surface area contributed by atoms with Crippen molar-refractivity contribution in [1.29, 1.82) is 0 Å². The van der Waals surface area contributed by atoms with Crippen molar-refractivity contribution >= 4 is 0 Å². The van der Waals surface area contributed by atoms with Crippen LogP contribution in [0.15, 0.2) is 41.3 Å². The van der Waals surface area contributed by atoms with Crippen molar-refractivity contribution in [3.8, 4) is 11.4 Å². The third kappa shape index (κ3) is 2.85. The van der Waals surface area contributed by atoms with Gasteiger partial charge >= 0.3 is 5.56 Å². The van der Waals surface area contributed by atoms with E-state index in [1.54, 1.807) is 31.2 Å². The standard InChI is InChI=1S/C17H18F2N2O2/c1-12-10-20-21(13-6-4-3-5-7-13)15(22)14(12)23-11-17(8-9-17)16(2,18)19/h3-7,10H,8-9,11H2,1-2H3. The SMILES string of the molecule is Cc1cnn(-c2ccccc2)c(=O)c1OCC1(C(C)(F)F)CC1. The Morgan fingerprint density at radius 2 is 1.96 bits per heavy atom. The number of hydrogen-bond donors (Lipinski definition) is 0. The Bertz CT molecular complexity index is 762. The Labute approximate surface area is 132 Å². The largest absolute Gasteiger partial charge is 0.487 e. The zero-order valence-electron chi connectivity index (χ0n) is 13.1. The first kappa shape index (κ1) is 15.6. The molecule has 0 saturated heterocycles. The maximum absolute atomic E-state index is 13.6. The van der Waals surface area contributed by atoms with Gasteiger partial charge in [-0.2, -0.15) is 9.78 Å². The Hall–Kier alpha value is -2.24. The Morgan fingerprint density at radius 3 is 2.52 bits per heavy atom. The van der Waals surface area contributed by atoms with Crippen molar-refractivity contribution in [3.63, 3.8) is 0 Å². The molecule has 1 aliphatic rings. The lowest BCUT2D eigenvalue weighted by Gasteiger charge is -2.23. The highest BCUT2D eigenvalue weighted by atomic mass is 19.3. The van der Waals surface area contributed by atoms with Crippen LogP contribution in [0.5, 0.6) is 5.75 Å². The highest BCUT2D eigenvalue weighted by Crippen LogP contribution is 2.56. The monoisotopic (exact) mass is 320 g/mol. The van der Waals surface area contributed by atoms with Crippen molar-refractivity contribution < 1.29 is 13.5 Å². The molecule has 0 bridgehead atoms. The molecule has 0 N–H and O–H groups in total. The molecule has 3 rings (SSSR count). The van der Waals surface area contributed by atoms with E-state index in [0.717, 1.165) is 6.92 Å². The third-order valence-electron chi connectivity index (χ3n) is 4.39. The summed E-state index contributed by atoms with van der Waals surface area (Å²) in [6.07, 6.45) is 2.33. The number of para-hydroxylation sites is 1. The predicted octanol–water partition coefficient (Wildman–Crippen LogP) is 3.36. The summed E-state index contributed by atoms with van der Waals surface area (Å²) in [5.74, 6) is -2.73. The van der Waals surface area contributed by atoms with Gasteiger partial charge in [-0.25, -0.2) is 8.78 Å². The molecule has 1 aromatic heterocycles. The fraction of sp³-hybridized carbons (Fsp3) is 0.412. The van der Waals surface area contributed by atoms with E-state index < -0.39 is 16.9 Å². The summed E-state index contributed by atoms with van der Waals surface area (Å²) < 4.78 is 34.0. The van der Waals surface area contributed by atoms with Crippen molar-refractivity contribution in [1.82, 2.24) is 9.78 Å². The van der Waals surface area contributed by atoms with Gasteiger partial charge in [0.2, 0.25) is 0 Å². The molecule has 122 valence electrons. The van der Waals surface area contributed by atoms with Crippen LogP contribution in [-0.2, 0) is 0 Å². The molecular formula is C17H18F2N2O2. The number of alkyl halides is 2. The lowest BCUT2D eigenvalue weighted by Crippen LogP contribution is -2.33. The van der Waals surface area contributed by atoms with E-state index in [4.69, 9.17) is 4.74 Å². The molecule has 2 aromatic rings. The Kier molecular flexibility index (Phi) is 3.70. The number of halogens is 2. The lowest BCUT2D eigenvalue weighted by atomic mass is 10.0. The van der Waals surface area contributed by atoms with Gasteiger partial charge in [-0.15, -0.1) is 0 Å². The van der Waals surface area contributed by atoms with E-state index in [1.165, 1.54) is 10.9 Å². The third-order valence-corrected chi connectivity index (χ3v) is 4.39. The quantitative estimate of drug-likeness (QED) is 0.848. The zero-order chi connectivity index (χ0) is 16.7. The molecule has 1 saturated carbocycles. The van der Waals surface area contributed by atoms with Gasteiger partial charge in [-0.3, -0.25) is 4.79 Å². The summed E-state index contributed by atoms with van der Waals surface area (Å²) in [6, 6.07) is 8.91. The predicted molar refractivity (Wildman–Crippen MR) is 82.4 cm³/mol. The van der Waals surface area contributed by atoms with Gasteiger partial charge < -0.3 is 4.74 Å². The molecule has 1 aliphatic carbocycles. The molecule has 1 aromatic carbocycles. The highest BCUT2D eigenvalue weighted by molar-refractivity contribution is 5.34. The smallest absolute Gasteiger partial charge is 0.314 e. The number of hydrogen-bond acceptors (Lipinski definition) is 3. The number of nitrogens with zero attached hydrogens (tertiary/aromatic N) is 2. The molecule has 0 amide bonds. The summed E-state index contributed by atoms with van der Waals surface area (Å²) >= 11 is 0. The average Bonchev–Trinajstić information content (AvgIpc) is 3.29. The van der Waals surface area contributed by atoms with E-state index in [9.17, 15) is 13.6 Å². The number of ether oxygens (including phenoxy) is 1. The van der Waals surface area contributed by atoms with Crippen molar-refractivity contribution in [2.45, 2.75) is 32.6 Å². The first-order valence-corrected chi connectivity index (χ1v) is 7.49. The van der Waals surface area contributed by atoms with Crippen LogP contribution in [0.3, 0.4) is 0 Å². The van der Waals surface area contributed by atoms with Crippen LogP contribution in [0.1, 0.15) is 25.3 Å². The van der Waals surface area contributed by atoms with Crippen molar-refractivity contribution in [3.05, 3.63) is 52.4 Å². The normalized spacial score (nSPS) is 16.2. The van der Waals surface area contributed by atoms with E-state index in [2.05, 4.69) is 5.10 Å². The van der Waals surface area contributed by atoms with E-state index in [-0.39, 0.29) is 12.4 Å². The minimum atomic E-state index is -2.81. The zero-order valence-corrected chi connectivity index (χ0v) is 13.1. The van der Waals surface area contributed by atoms with Gasteiger partial charge in [-0.05, 0) is 31.9 Å². The van der Waals surface area contributed by atoms with Gasteiger partial charge in [0.1, 0.15) is 0 Å². The van der Waals surface area contributed by atoms with Gasteiger partial charge in [0.05, 0.1) is 23.9 Å². The van der Waals surface area contributed by atoms with E-state index in [0.29, 0.717) is 24.1 Å². The van der Waals surface area contributed by atoms with E-state index >= 15 is 0 Å². The van der Waals surface area contributed by atoms with Gasteiger partial charge in [-0.1, -0.05) is 18.2 Å². The van der Waals surface area contributed by atoms with Crippen molar-refractivity contribution in [2.24, 2.45) is 5.41 Å². The summed E-state index contributed by atoms with van der Waals surface area (Å²) in [7, 11) is 0.